The minimum atomic E-state index is -0.241. The monoisotopic (exact) mass is 547 g/mol. The number of hydrogen-bond donors (Lipinski definition) is 0. The van der Waals surface area contributed by atoms with E-state index in [2.05, 4.69) is 137 Å². The van der Waals surface area contributed by atoms with Gasteiger partial charge in [0.15, 0.2) is 0 Å². The molecule has 0 saturated carbocycles. The molecule has 2 aliphatic rings. The zero-order valence-electron chi connectivity index (χ0n) is 25.1. The second-order valence-corrected chi connectivity index (χ2v) is 13.8. The van der Waals surface area contributed by atoms with Crippen molar-refractivity contribution in [2.75, 3.05) is 4.90 Å². The van der Waals surface area contributed by atoms with Crippen LogP contribution in [0.1, 0.15) is 52.7 Å². The van der Waals surface area contributed by atoms with E-state index in [9.17, 15) is 0 Å². The quantitative estimate of drug-likeness (QED) is 0.192. The SMILES string of the molecule is CC(C)(C)c1cc(N2c3ccc4ccccc4c3B3Oc4ccccc4-c4cc5occc5c2c43)cc(C(C)(C)C)c1. The fraction of sp³-hybridized carbons (Fsp3) is 0.211. The Morgan fingerprint density at radius 3 is 2.12 bits per heavy atom. The number of nitrogens with zero attached hydrogens (tertiary/aromatic N) is 1. The highest BCUT2D eigenvalue weighted by Gasteiger charge is 2.45. The molecule has 0 aliphatic carbocycles. The van der Waals surface area contributed by atoms with Crippen molar-refractivity contribution >= 4 is 56.6 Å². The van der Waals surface area contributed by atoms with Crippen molar-refractivity contribution in [1.29, 1.82) is 0 Å². The van der Waals surface area contributed by atoms with Gasteiger partial charge in [-0.25, -0.2) is 0 Å². The van der Waals surface area contributed by atoms with Crippen LogP contribution in [0.5, 0.6) is 5.75 Å². The Kier molecular flexibility index (Phi) is 5.15. The average molecular weight is 548 g/mol. The van der Waals surface area contributed by atoms with Crippen molar-refractivity contribution in [1.82, 2.24) is 0 Å². The first kappa shape index (κ1) is 25.3. The lowest BCUT2D eigenvalue weighted by atomic mass is 9.48. The van der Waals surface area contributed by atoms with E-state index >= 15 is 0 Å². The fourth-order valence-electron chi connectivity index (χ4n) is 6.77. The number of rotatable bonds is 1. The van der Waals surface area contributed by atoms with Crippen LogP contribution in [0.2, 0.25) is 0 Å². The molecule has 0 unspecified atom stereocenters. The van der Waals surface area contributed by atoms with Crippen molar-refractivity contribution in [3.63, 3.8) is 0 Å². The molecule has 6 aromatic rings. The highest BCUT2D eigenvalue weighted by molar-refractivity contribution is 6.87. The van der Waals surface area contributed by atoms with Gasteiger partial charge in [-0.15, -0.1) is 0 Å². The molecule has 4 heteroatoms. The lowest BCUT2D eigenvalue weighted by Gasteiger charge is -2.41. The first-order chi connectivity index (χ1) is 20.1. The van der Waals surface area contributed by atoms with Crippen LogP contribution in [-0.2, 0) is 10.8 Å². The maximum atomic E-state index is 6.98. The predicted molar refractivity (Wildman–Crippen MR) is 177 cm³/mol. The lowest BCUT2D eigenvalue weighted by Crippen LogP contribution is -2.56. The minimum Gasteiger partial charge on any atom is -0.551 e. The standard InChI is InChI=1S/C38H34BNO2/c1-37(2,3)24-19-25(38(4,5)6)21-26(20-24)40-31-16-15-23-11-7-8-12-27(23)34(31)39-35-30(28-13-9-10-14-32(28)42-39)22-33-29(36(35)40)17-18-41-33/h7-22H,1-6H3. The first-order valence-electron chi connectivity index (χ1n) is 14.9. The summed E-state index contributed by atoms with van der Waals surface area (Å²) in [4.78, 5) is 2.48. The molecule has 0 N–H and O–H groups in total. The Labute approximate surface area is 247 Å². The Balaban J connectivity index is 1.55. The van der Waals surface area contributed by atoms with Crippen molar-refractivity contribution in [2.24, 2.45) is 0 Å². The zero-order valence-corrected chi connectivity index (χ0v) is 25.1. The number of hydrogen-bond acceptors (Lipinski definition) is 3. The molecule has 0 spiro atoms. The highest BCUT2D eigenvalue weighted by Crippen LogP contribution is 2.48. The molecule has 1 aromatic heterocycles. The summed E-state index contributed by atoms with van der Waals surface area (Å²) in [5.41, 5.74) is 11.6. The maximum absolute atomic E-state index is 6.98. The van der Waals surface area contributed by atoms with Gasteiger partial charge in [-0.1, -0.05) is 96.1 Å². The molecule has 0 saturated heterocycles. The molecule has 8 rings (SSSR count). The van der Waals surface area contributed by atoms with Gasteiger partial charge in [0.2, 0.25) is 0 Å². The summed E-state index contributed by atoms with van der Waals surface area (Å²) in [5.74, 6) is 0.906. The Hall–Kier alpha value is -4.44. The molecule has 0 radical (unpaired) electrons. The van der Waals surface area contributed by atoms with Crippen LogP contribution in [0.15, 0.2) is 102 Å². The van der Waals surface area contributed by atoms with Gasteiger partial charge in [0, 0.05) is 33.3 Å². The molecule has 0 atom stereocenters. The normalized spacial score (nSPS) is 14.0. The number of fused-ring (bicyclic) bond motifs is 8. The zero-order chi connectivity index (χ0) is 29.0. The summed E-state index contributed by atoms with van der Waals surface area (Å²) in [5, 5.41) is 3.53. The van der Waals surface area contributed by atoms with Gasteiger partial charge >= 0.3 is 6.92 Å². The molecule has 0 fully saturated rings. The van der Waals surface area contributed by atoms with E-state index in [-0.39, 0.29) is 17.7 Å². The second kappa shape index (κ2) is 8.55. The van der Waals surface area contributed by atoms with Crippen LogP contribution in [0.25, 0.3) is 32.9 Å². The van der Waals surface area contributed by atoms with E-state index in [0.717, 1.165) is 39.3 Å². The number of furan rings is 1. The third-order valence-corrected chi connectivity index (χ3v) is 9.04. The summed E-state index contributed by atoms with van der Waals surface area (Å²) in [7, 11) is 0. The summed E-state index contributed by atoms with van der Waals surface area (Å²) in [6.07, 6.45) is 1.81. The van der Waals surface area contributed by atoms with Gasteiger partial charge in [-0.3, -0.25) is 0 Å². The van der Waals surface area contributed by atoms with Crippen LogP contribution in [0.4, 0.5) is 17.1 Å². The smallest absolute Gasteiger partial charge is 0.432 e. The van der Waals surface area contributed by atoms with Crippen LogP contribution < -0.4 is 20.5 Å². The van der Waals surface area contributed by atoms with Crippen LogP contribution >= 0.6 is 0 Å². The molecular formula is C38H34BNO2. The molecule has 0 amide bonds. The van der Waals surface area contributed by atoms with E-state index in [1.54, 1.807) is 0 Å². The van der Waals surface area contributed by atoms with Crippen LogP contribution in [0, 0.1) is 0 Å². The largest absolute Gasteiger partial charge is 0.551 e. The average Bonchev–Trinajstić information content (AvgIpc) is 3.44. The van der Waals surface area contributed by atoms with E-state index in [4.69, 9.17) is 9.07 Å². The topological polar surface area (TPSA) is 25.6 Å². The second-order valence-electron chi connectivity index (χ2n) is 13.8. The van der Waals surface area contributed by atoms with E-state index < -0.39 is 0 Å². The molecular weight excluding hydrogens is 513 g/mol. The third kappa shape index (κ3) is 3.61. The van der Waals surface area contributed by atoms with Gasteiger partial charge in [0.25, 0.3) is 0 Å². The lowest BCUT2D eigenvalue weighted by molar-refractivity contribution is 0.568. The molecule has 0 bridgehead atoms. The van der Waals surface area contributed by atoms with E-state index in [0.29, 0.717) is 0 Å². The first-order valence-corrected chi connectivity index (χ1v) is 14.9. The van der Waals surface area contributed by atoms with Crippen molar-refractivity contribution in [3.05, 3.63) is 108 Å². The molecule has 42 heavy (non-hydrogen) atoms. The Bertz CT molecular complexity index is 2020. The summed E-state index contributed by atoms with van der Waals surface area (Å²) in [6.45, 7) is 13.6. The maximum Gasteiger partial charge on any atom is 0.432 e. The minimum absolute atomic E-state index is 0.0102. The predicted octanol–water partition coefficient (Wildman–Crippen LogP) is 9.13. The number of para-hydroxylation sites is 1. The summed E-state index contributed by atoms with van der Waals surface area (Å²) in [6, 6.07) is 33.1. The van der Waals surface area contributed by atoms with Gasteiger partial charge in [0.05, 0.1) is 12.0 Å². The Morgan fingerprint density at radius 2 is 1.36 bits per heavy atom. The van der Waals surface area contributed by atoms with Gasteiger partial charge < -0.3 is 14.0 Å². The third-order valence-electron chi connectivity index (χ3n) is 9.04. The van der Waals surface area contributed by atoms with E-state index in [1.807, 2.05) is 6.26 Å². The van der Waals surface area contributed by atoms with Crippen molar-refractivity contribution in [3.8, 4) is 16.9 Å². The highest BCUT2D eigenvalue weighted by atomic mass is 16.4. The van der Waals surface area contributed by atoms with Gasteiger partial charge in [-0.05, 0) is 74.7 Å². The fourth-order valence-corrected chi connectivity index (χ4v) is 6.77. The van der Waals surface area contributed by atoms with Crippen molar-refractivity contribution < 1.29 is 9.07 Å². The summed E-state index contributed by atoms with van der Waals surface area (Å²) >= 11 is 0. The van der Waals surface area contributed by atoms with Crippen LogP contribution in [0.3, 0.4) is 0 Å². The molecule has 206 valence electrons. The molecule has 3 nitrogen and oxygen atoms in total. The van der Waals surface area contributed by atoms with Crippen LogP contribution in [-0.4, -0.2) is 6.92 Å². The number of benzene rings is 5. The summed E-state index contributed by atoms with van der Waals surface area (Å²) < 4.78 is 13.1. The van der Waals surface area contributed by atoms with Gasteiger partial charge in [-0.2, -0.15) is 0 Å². The van der Waals surface area contributed by atoms with E-state index in [1.165, 1.54) is 38.4 Å². The number of anilines is 3. The Morgan fingerprint density at radius 1 is 0.643 bits per heavy atom. The molecule has 2 aliphatic heterocycles. The molecule has 3 heterocycles. The van der Waals surface area contributed by atoms with Crippen molar-refractivity contribution in [2.45, 2.75) is 52.4 Å². The van der Waals surface area contributed by atoms with Gasteiger partial charge in [0.1, 0.15) is 11.3 Å². The molecule has 5 aromatic carbocycles.